The second-order valence-corrected chi connectivity index (χ2v) is 12.0. The third-order valence-electron chi connectivity index (χ3n) is 8.44. The van der Waals surface area contributed by atoms with Crippen LogP contribution in [0.1, 0.15) is 0 Å². The molecule has 0 saturated carbocycles. The summed E-state index contributed by atoms with van der Waals surface area (Å²) >= 11 is 4.15. The van der Waals surface area contributed by atoms with Crippen molar-refractivity contribution in [3.63, 3.8) is 0 Å². The zero-order valence-corrected chi connectivity index (χ0v) is 26.1. The van der Waals surface area contributed by atoms with Crippen LogP contribution >= 0.6 is 15.9 Å². The molecule has 0 atom stereocenters. The topological polar surface area (TPSA) is 6.48 Å². The van der Waals surface area contributed by atoms with Gasteiger partial charge < -0.3 is 9.80 Å². The number of anilines is 6. The van der Waals surface area contributed by atoms with Gasteiger partial charge in [-0.25, -0.2) is 0 Å². The van der Waals surface area contributed by atoms with Crippen molar-refractivity contribution in [3.05, 3.63) is 180 Å². The molecule has 0 radical (unpaired) electrons. The van der Waals surface area contributed by atoms with E-state index in [0.29, 0.717) is 0 Å². The maximum atomic E-state index is 4.15. The molecule has 0 aliphatic heterocycles. The highest BCUT2D eigenvalue weighted by Gasteiger charge is 2.23. The van der Waals surface area contributed by atoms with Gasteiger partial charge in [0.15, 0.2) is 0 Å². The summed E-state index contributed by atoms with van der Waals surface area (Å²) in [4.78, 5) is 4.72. The standard InChI is InChI=1S/C42H29BrN2/c43-42-40(22-11-23-41(42)45(35-18-2-1-3-19-35)39-21-10-17-32-14-8-9-20-38(32)39)44(36-26-24-30-12-4-6-15-33(30)28-36)37-27-25-31-13-5-7-16-34(31)29-37/h1-29H. The number of halogens is 1. The first-order valence-corrected chi connectivity index (χ1v) is 15.9. The summed E-state index contributed by atoms with van der Waals surface area (Å²) in [6.07, 6.45) is 0. The first kappa shape index (κ1) is 27.2. The van der Waals surface area contributed by atoms with Gasteiger partial charge in [0.05, 0.1) is 21.5 Å². The molecule has 0 saturated heterocycles. The Morgan fingerprint density at radius 2 is 0.778 bits per heavy atom. The summed E-state index contributed by atoms with van der Waals surface area (Å²) in [7, 11) is 0. The zero-order valence-electron chi connectivity index (χ0n) is 24.5. The van der Waals surface area contributed by atoms with Crippen molar-refractivity contribution in [3.8, 4) is 0 Å². The second-order valence-electron chi connectivity index (χ2n) is 11.2. The van der Waals surface area contributed by atoms with Crippen molar-refractivity contribution >= 4 is 82.4 Å². The Labute approximate surface area is 271 Å². The lowest BCUT2D eigenvalue weighted by molar-refractivity contribution is 1.24. The average Bonchev–Trinajstić information content (AvgIpc) is 3.10. The Morgan fingerprint density at radius 1 is 0.311 bits per heavy atom. The fourth-order valence-electron chi connectivity index (χ4n) is 6.30. The number of hydrogen-bond donors (Lipinski definition) is 0. The van der Waals surface area contributed by atoms with Gasteiger partial charge in [-0.2, -0.15) is 0 Å². The Kier molecular flexibility index (Phi) is 7.01. The van der Waals surface area contributed by atoms with E-state index in [1.807, 2.05) is 0 Å². The smallest absolute Gasteiger partial charge is 0.0656 e. The van der Waals surface area contributed by atoms with Gasteiger partial charge in [0.25, 0.3) is 0 Å². The van der Waals surface area contributed by atoms with Gasteiger partial charge in [0, 0.05) is 22.4 Å². The first-order valence-electron chi connectivity index (χ1n) is 15.1. The second kappa shape index (κ2) is 11.6. The normalized spacial score (nSPS) is 11.2. The Balaban J connectivity index is 1.37. The molecule has 45 heavy (non-hydrogen) atoms. The van der Waals surface area contributed by atoms with Crippen LogP contribution in [0.15, 0.2) is 180 Å². The molecule has 0 fully saturated rings. The molecule has 3 heteroatoms. The SMILES string of the molecule is Brc1c(N(c2ccc3ccccc3c2)c2ccc3ccccc3c2)cccc1N(c1ccccc1)c1cccc2ccccc12. The van der Waals surface area contributed by atoms with E-state index in [-0.39, 0.29) is 0 Å². The maximum Gasteiger partial charge on any atom is 0.0656 e. The van der Waals surface area contributed by atoms with Crippen molar-refractivity contribution in [1.29, 1.82) is 0 Å². The summed E-state index contributed by atoms with van der Waals surface area (Å²) in [5, 5.41) is 7.25. The van der Waals surface area contributed by atoms with Crippen molar-refractivity contribution in [2.24, 2.45) is 0 Å². The molecular weight excluding hydrogens is 612 g/mol. The maximum absolute atomic E-state index is 4.15. The highest BCUT2D eigenvalue weighted by molar-refractivity contribution is 9.10. The third kappa shape index (κ3) is 5.02. The lowest BCUT2D eigenvalue weighted by atomic mass is 10.0. The van der Waals surface area contributed by atoms with E-state index in [2.05, 4.69) is 202 Å². The van der Waals surface area contributed by atoms with E-state index in [9.17, 15) is 0 Å². The number of para-hydroxylation sites is 1. The molecule has 2 nitrogen and oxygen atoms in total. The molecular formula is C42H29BrN2. The zero-order chi connectivity index (χ0) is 30.2. The van der Waals surface area contributed by atoms with Crippen LogP contribution in [0.25, 0.3) is 32.3 Å². The summed E-state index contributed by atoms with van der Waals surface area (Å²) in [6.45, 7) is 0. The summed E-state index contributed by atoms with van der Waals surface area (Å²) in [5.41, 5.74) is 6.52. The lowest BCUT2D eigenvalue weighted by Gasteiger charge is -2.32. The molecule has 0 aliphatic rings. The van der Waals surface area contributed by atoms with Crippen LogP contribution in [0, 0.1) is 0 Å². The van der Waals surface area contributed by atoms with Gasteiger partial charge in [0.2, 0.25) is 0 Å². The summed E-state index contributed by atoms with van der Waals surface area (Å²) in [5.74, 6) is 0. The molecule has 0 N–H and O–H groups in total. The number of benzene rings is 8. The quantitative estimate of drug-likeness (QED) is 0.178. The first-order chi connectivity index (χ1) is 22.2. The van der Waals surface area contributed by atoms with Crippen LogP contribution < -0.4 is 9.80 Å². The minimum Gasteiger partial charge on any atom is -0.309 e. The van der Waals surface area contributed by atoms with E-state index < -0.39 is 0 Å². The summed E-state index contributed by atoms with van der Waals surface area (Å²) in [6, 6.07) is 62.8. The lowest BCUT2D eigenvalue weighted by Crippen LogP contribution is -2.14. The van der Waals surface area contributed by atoms with E-state index in [1.54, 1.807) is 0 Å². The van der Waals surface area contributed by atoms with Crippen LogP contribution in [-0.2, 0) is 0 Å². The van der Waals surface area contributed by atoms with Crippen LogP contribution in [0.4, 0.5) is 34.1 Å². The third-order valence-corrected chi connectivity index (χ3v) is 9.26. The highest BCUT2D eigenvalue weighted by Crippen LogP contribution is 2.48. The number of fused-ring (bicyclic) bond motifs is 3. The summed E-state index contributed by atoms with van der Waals surface area (Å²) < 4.78 is 1.00. The van der Waals surface area contributed by atoms with Crippen LogP contribution in [0.3, 0.4) is 0 Å². The van der Waals surface area contributed by atoms with E-state index in [4.69, 9.17) is 0 Å². The molecule has 8 rings (SSSR count). The van der Waals surface area contributed by atoms with Crippen LogP contribution in [0.5, 0.6) is 0 Å². The predicted molar refractivity (Wildman–Crippen MR) is 196 cm³/mol. The van der Waals surface area contributed by atoms with E-state index in [1.165, 1.54) is 32.3 Å². The van der Waals surface area contributed by atoms with Gasteiger partial charge in [0.1, 0.15) is 0 Å². The van der Waals surface area contributed by atoms with E-state index >= 15 is 0 Å². The molecule has 0 bridgehead atoms. The largest absolute Gasteiger partial charge is 0.309 e. The molecule has 0 heterocycles. The minimum atomic E-state index is 1.00. The van der Waals surface area contributed by atoms with Gasteiger partial charge in [-0.15, -0.1) is 0 Å². The van der Waals surface area contributed by atoms with Crippen molar-refractivity contribution < 1.29 is 0 Å². The monoisotopic (exact) mass is 640 g/mol. The Morgan fingerprint density at radius 3 is 1.42 bits per heavy atom. The van der Waals surface area contributed by atoms with Crippen molar-refractivity contribution in [2.75, 3.05) is 9.80 Å². The molecule has 0 aromatic heterocycles. The number of nitrogens with zero attached hydrogens (tertiary/aromatic N) is 2. The number of rotatable bonds is 6. The Bertz CT molecular complexity index is 2230. The highest BCUT2D eigenvalue weighted by atomic mass is 79.9. The van der Waals surface area contributed by atoms with Gasteiger partial charge in [-0.05, 0) is 97.5 Å². The molecule has 0 spiro atoms. The molecule has 8 aromatic rings. The van der Waals surface area contributed by atoms with Gasteiger partial charge in [-0.3, -0.25) is 0 Å². The average molecular weight is 642 g/mol. The van der Waals surface area contributed by atoms with Crippen LogP contribution in [-0.4, -0.2) is 0 Å². The molecule has 214 valence electrons. The fourth-order valence-corrected chi connectivity index (χ4v) is 6.92. The molecule has 0 unspecified atom stereocenters. The van der Waals surface area contributed by atoms with Gasteiger partial charge in [-0.1, -0.05) is 121 Å². The van der Waals surface area contributed by atoms with Crippen molar-refractivity contribution in [1.82, 2.24) is 0 Å². The Hall–Kier alpha value is -5.38. The number of hydrogen-bond acceptors (Lipinski definition) is 2. The molecule has 8 aromatic carbocycles. The van der Waals surface area contributed by atoms with E-state index in [0.717, 1.165) is 38.6 Å². The fraction of sp³-hybridized carbons (Fsp3) is 0. The minimum absolute atomic E-state index is 1.00. The molecule has 0 amide bonds. The molecule has 0 aliphatic carbocycles. The predicted octanol–water partition coefficient (Wildman–Crippen LogP) is 12.8. The van der Waals surface area contributed by atoms with Crippen molar-refractivity contribution in [2.45, 2.75) is 0 Å². The van der Waals surface area contributed by atoms with Gasteiger partial charge >= 0.3 is 0 Å². The van der Waals surface area contributed by atoms with Crippen LogP contribution in [0.2, 0.25) is 0 Å².